The molecule has 0 saturated carbocycles. The fraction of sp³-hybridized carbons (Fsp3) is 0.909. The van der Waals surface area contributed by atoms with E-state index >= 15 is 0 Å². The Hall–Kier alpha value is -0.650. The van der Waals surface area contributed by atoms with Crippen LogP contribution in [0.4, 0.5) is 0 Å². The Labute approximate surface area is 98.0 Å². The molecule has 5 nitrogen and oxygen atoms in total. The molecule has 2 atom stereocenters. The second-order valence-corrected chi connectivity index (χ2v) is 3.17. The standard InChI is InChI=1S/C5H8O3.C4H8O2.2CH4/c1-4(6)7-2-5-3-8-5;1-5-2-4-3-6-4;;/h5H,2-3H2,1H3;4H,2-3H2,1H3;2*1H4. The van der Waals surface area contributed by atoms with Gasteiger partial charge in [-0.15, -0.1) is 0 Å². The van der Waals surface area contributed by atoms with Crippen molar-refractivity contribution in [2.75, 3.05) is 33.5 Å². The van der Waals surface area contributed by atoms with Crippen molar-refractivity contribution in [1.29, 1.82) is 0 Å². The lowest BCUT2D eigenvalue weighted by Crippen LogP contribution is -2.05. The lowest BCUT2D eigenvalue weighted by atomic mass is 10.5. The summed E-state index contributed by atoms with van der Waals surface area (Å²) < 4.78 is 18.9. The molecule has 0 aromatic rings. The van der Waals surface area contributed by atoms with Crippen LogP contribution >= 0.6 is 0 Å². The summed E-state index contributed by atoms with van der Waals surface area (Å²) >= 11 is 0. The topological polar surface area (TPSA) is 60.6 Å². The molecule has 98 valence electrons. The maximum atomic E-state index is 10.1. The van der Waals surface area contributed by atoms with Gasteiger partial charge in [0.25, 0.3) is 0 Å². The molecule has 0 spiro atoms. The van der Waals surface area contributed by atoms with Gasteiger partial charge >= 0.3 is 5.97 Å². The molecule has 0 aromatic carbocycles. The van der Waals surface area contributed by atoms with Gasteiger partial charge < -0.3 is 18.9 Å². The molecule has 2 rings (SSSR count). The zero-order valence-electron chi connectivity index (χ0n) is 8.52. The van der Waals surface area contributed by atoms with Crippen LogP contribution in [0.1, 0.15) is 21.8 Å². The van der Waals surface area contributed by atoms with Gasteiger partial charge in [-0.05, 0) is 0 Å². The molecular formula is C11H24O5. The van der Waals surface area contributed by atoms with Gasteiger partial charge in [0.2, 0.25) is 0 Å². The van der Waals surface area contributed by atoms with Gasteiger partial charge in [0.05, 0.1) is 19.8 Å². The molecule has 0 aliphatic carbocycles. The smallest absolute Gasteiger partial charge is 0.302 e. The summed E-state index contributed by atoms with van der Waals surface area (Å²) in [5.41, 5.74) is 0. The molecule has 5 heteroatoms. The minimum absolute atomic E-state index is 0. The summed E-state index contributed by atoms with van der Waals surface area (Å²) in [6, 6.07) is 0. The van der Waals surface area contributed by atoms with Gasteiger partial charge in [-0.2, -0.15) is 0 Å². The van der Waals surface area contributed by atoms with E-state index < -0.39 is 0 Å². The van der Waals surface area contributed by atoms with Crippen LogP contribution in [-0.4, -0.2) is 51.7 Å². The van der Waals surface area contributed by atoms with Crippen LogP contribution in [-0.2, 0) is 23.7 Å². The van der Waals surface area contributed by atoms with Crippen molar-refractivity contribution in [2.24, 2.45) is 0 Å². The Balaban J connectivity index is 0. The van der Waals surface area contributed by atoms with E-state index in [-0.39, 0.29) is 26.9 Å². The van der Waals surface area contributed by atoms with Crippen LogP contribution in [0.15, 0.2) is 0 Å². The monoisotopic (exact) mass is 236 g/mol. The third kappa shape index (κ3) is 11.4. The van der Waals surface area contributed by atoms with Crippen LogP contribution in [0.2, 0.25) is 0 Å². The molecule has 2 aliphatic rings. The molecule has 0 aromatic heterocycles. The first kappa shape index (κ1) is 17.7. The first-order chi connectivity index (χ1) is 6.72. The summed E-state index contributed by atoms with van der Waals surface area (Å²) in [5.74, 6) is -0.236. The minimum atomic E-state index is -0.236. The fourth-order valence-electron chi connectivity index (χ4n) is 0.725. The van der Waals surface area contributed by atoms with Gasteiger partial charge in [0, 0.05) is 14.0 Å². The van der Waals surface area contributed by atoms with E-state index in [1.165, 1.54) is 6.92 Å². The molecule has 0 N–H and O–H groups in total. The van der Waals surface area contributed by atoms with Crippen LogP contribution in [0.25, 0.3) is 0 Å². The highest BCUT2D eigenvalue weighted by Gasteiger charge is 2.23. The number of methoxy groups -OCH3 is 1. The number of ether oxygens (including phenoxy) is 4. The molecule has 2 fully saturated rings. The van der Waals surface area contributed by atoms with E-state index in [0.29, 0.717) is 12.7 Å². The second-order valence-electron chi connectivity index (χ2n) is 3.17. The Morgan fingerprint density at radius 3 is 1.88 bits per heavy atom. The summed E-state index contributed by atoms with van der Waals surface area (Å²) in [5, 5.41) is 0. The van der Waals surface area contributed by atoms with E-state index in [0.717, 1.165) is 19.8 Å². The second kappa shape index (κ2) is 9.57. The van der Waals surface area contributed by atoms with Crippen molar-refractivity contribution < 1.29 is 23.7 Å². The molecule has 16 heavy (non-hydrogen) atoms. The van der Waals surface area contributed by atoms with E-state index in [2.05, 4.69) is 4.74 Å². The summed E-state index contributed by atoms with van der Waals surface area (Å²) in [4.78, 5) is 10.1. The number of esters is 1. The molecule has 2 aliphatic heterocycles. The quantitative estimate of drug-likeness (QED) is 0.543. The van der Waals surface area contributed by atoms with Crippen LogP contribution in [0, 0.1) is 0 Å². The molecule has 0 bridgehead atoms. The highest BCUT2D eigenvalue weighted by molar-refractivity contribution is 5.65. The molecular weight excluding hydrogens is 212 g/mol. The molecule has 0 amide bonds. The molecule has 2 heterocycles. The lowest BCUT2D eigenvalue weighted by molar-refractivity contribution is -0.141. The number of hydrogen-bond donors (Lipinski definition) is 0. The lowest BCUT2D eigenvalue weighted by Gasteiger charge is -1.93. The minimum Gasteiger partial charge on any atom is -0.463 e. The van der Waals surface area contributed by atoms with Crippen molar-refractivity contribution in [3.63, 3.8) is 0 Å². The van der Waals surface area contributed by atoms with Gasteiger partial charge in [0.1, 0.15) is 18.8 Å². The maximum absolute atomic E-state index is 10.1. The summed E-state index contributed by atoms with van der Waals surface area (Å²) in [6.07, 6.45) is 0.619. The first-order valence-corrected chi connectivity index (χ1v) is 4.58. The van der Waals surface area contributed by atoms with Crippen molar-refractivity contribution in [3.05, 3.63) is 0 Å². The summed E-state index contributed by atoms with van der Waals surface area (Å²) in [7, 11) is 1.68. The molecule has 2 unspecified atom stereocenters. The van der Waals surface area contributed by atoms with E-state index in [9.17, 15) is 4.79 Å². The highest BCUT2D eigenvalue weighted by Crippen LogP contribution is 2.08. The van der Waals surface area contributed by atoms with E-state index in [1.54, 1.807) is 7.11 Å². The average Bonchev–Trinajstić information content (AvgIpc) is 2.99. The average molecular weight is 236 g/mol. The first-order valence-electron chi connectivity index (χ1n) is 4.58. The molecule has 0 radical (unpaired) electrons. The zero-order valence-corrected chi connectivity index (χ0v) is 8.52. The van der Waals surface area contributed by atoms with Gasteiger partial charge in [-0.1, -0.05) is 14.9 Å². The van der Waals surface area contributed by atoms with Gasteiger partial charge in [0.15, 0.2) is 0 Å². The molecule has 2 saturated heterocycles. The predicted octanol–water partition coefficient (Wildman–Crippen LogP) is 1.25. The van der Waals surface area contributed by atoms with Crippen molar-refractivity contribution in [1.82, 2.24) is 0 Å². The van der Waals surface area contributed by atoms with Crippen molar-refractivity contribution in [2.45, 2.75) is 34.0 Å². The van der Waals surface area contributed by atoms with E-state index in [1.807, 2.05) is 0 Å². The van der Waals surface area contributed by atoms with Crippen LogP contribution in [0.3, 0.4) is 0 Å². The SMILES string of the molecule is C.C.CC(=O)OCC1CO1.COCC1CO1. The Morgan fingerprint density at radius 1 is 1.19 bits per heavy atom. The highest BCUT2D eigenvalue weighted by atomic mass is 16.6. The van der Waals surface area contributed by atoms with Crippen molar-refractivity contribution in [3.8, 4) is 0 Å². The number of epoxide rings is 2. The third-order valence-corrected chi connectivity index (χ3v) is 1.63. The summed E-state index contributed by atoms with van der Waals surface area (Å²) in [6.45, 7) is 4.22. The van der Waals surface area contributed by atoms with Crippen molar-refractivity contribution >= 4 is 5.97 Å². The predicted molar refractivity (Wildman–Crippen MR) is 61.5 cm³/mol. The number of carbonyl (C=O) groups is 1. The number of rotatable bonds is 4. The van der Waals surface area contributed by atoms with E-state index in [4.69, 9.17) is 14.2 Å². The third-order valence-electron chi connectivity index (χ3n) is 1.63. The maximum Gasteiger partial charge on any atom is 0.302 e. The number of hydrogen-bond acceptors (Lipinski definition) is 5. The Morgan fingerprint density at radius 2 is 1.62 bits per heavy atom. The largest absolute Gasteiger partial charge is 0.463 e. The Bertz CT molecular complexity index is 175. The van der Waals surface area contributed by atoms with Gasteiger partial charge in [-0.3, -0.25) is 4.79 Å². The zero-order chi connectivity index (χ0) is 10.4. The number of carbonyl (C=O) groups excluding carboxylic acids is 1. The normalized spacial score (nSPS) is 23.9. The van der Waals surface area contributed by atoms with Crippen LogP contribution < -0.4 is 0 Å². The van der Waals surface area contributed by atoms with Crippen LogP contribution in [0.5, 0.6) is 0 Å². The van der Waals surface area contributed by atoms with Gasteiger partial charge in [-0.25, -0.2) is 0 Å². The fourth-order valence-corrected chi connectivity index (χ4v) is 0.725. The Kier molecular flexibility index (Phi) is 10.6.